The second kappa shape index (κ2) is 7.87. The Balaban J connectivity index is 1.93. The molecule has 9 nitrogen and oxygen atoms in total. The van der Waals surface area contributed by atoms with Crippen molar-refractivity contribution < 1.29 is 23.0 Å². The number of morpholine rings is 1. The van der Waals surface area contributed by atoms with Gasteiger partial charge in [0.05, 0.1) is 49.7 Å². The third kappa shape index (κ3) is 3.98. The van der Waals surface area contributed by atoms with Crippen molar-refractivity contribution in [3.8, 4) is 0 Å². The molecule has 0 spiro atoms. The highest BCUT2D eigenvalue weighted by Gasteiger charge is 2.30. The molecule has 26 heavy (non-hydrogen) atoms. The Morgan fingerprint density at radius 2 is 1.88 bits per heavy atom. The minimum atomic E-state index is -3.76. The molecule has 1 N–H and O–H groups in total. The molecule has 144 valence electrons. The van der Waals surface area contributed by atoms with Crippen molar-refractivity contribution in [2.75, 3.05) is 64.4 Å². The van der Waals surface area contributed by atoms with E-state index in [9.17, 15) is 18.5 Å². The van der Waals surface area contributed by atoms with Gasteiger partial charge in [0.1, 0.15) is 5.69 Å². The van der Waals surface area contributed by atoms with E-state index in [4.69, 9.17) is 4.74 Å². The molecule has 1 atom stereocenters. The molecule has 0 aliphatic carbocycles. The number of sulfonamides is 1. The predicted octanol–water partition coefficient (Wildman–Crippen LogP) is -0.659. The maximum Gasteiger partial charge on any atom is 0.293 e. The van der Waals surface area contributed by atoms with Gasteiger partial charge in [-0.05, 0) is 12.1 Å². The summed E-state index contributed by atoms with van der Waals surface area (Å²) in [5, 5.41) is 11.6. The van der Waals surface area contributed by atoms with Gasteiger partial charge in [-0.1, -0.05) is 0 Å². The topological polar surface area (TPSA) is 97.4 Å². The summed E-state index contributed by atoms with van der Waals surface area (Å²) in [4.78, 5) is 14.5. The number of likely N-dealkylation sites (N-methyl/N-ethyl adjacent to an activating group) is 1. The molecule has 0 bridgehead atoms. The average molecular weight is 385 g/mol. The van der Waals surface area contributed by atoms with E-state index >= 15 is 0 Å². The summed E-state index contributed by atoms with van der Waals surface area (Å²) in [7, 11) is -1.65. The summed E-state index contributed by atoms with van der Waals surface area (Å²) in [6.07, 6.45) is 0.941. The monoisotopic (exact) mass is 385 g/mol. The number of benzene rings is 1. The summed E-state index contributed by atoms with van der Waals surface area (Å²) in [5.41, 5.74) is 0.338. The van der Waals surface area contributed by atoms with Gasteiger partial charge >= 0.3 is 0 Å². The van der Waals surface area contributed by atoms with Crippen molar-refractivity contribution in [2.45, 2.75) is 11.3 Å². The third-order valence-electron chi connectivity index (χ3n) is 4.93. The molecule has 2 heterocycles. The van der Waals surface area contributed by atoms with Crippen molar-refractivity contribution in [1.29, 1.82) is 0 Å². The second-order valence-electron chi connectivity index (χ2n) is 6.72. The number of ether oxygens (including phenoxy) is 1. The molecule has 1 aromatic rings. The minimum absolute atomic E-state index is 0.0348. The minimum Gasteiger partial charge on any atom is -0.379 e. The lowest BCUT2D eigenvalue weighted by Gasteiger charge is -2.26. The number of nitro groups is 1. The SMILES string of the molecule is C[NH+]1CCCN(c2ccc(S(=O)(=O)N3CCOCC3)cc2[N+](=O)[O-])CC1. The number of rotatable bonds is 4. The molecular weight excluding hydrogens is 360 g/mol. The molecular formula is C16H25N4O5S+. The van der Waals surface area contributed by atoms with E-state index in [0.717, 1.165) is 26.1 Å². The Hall–Kier alpha value is -1.75. The highest BCUT2D eigenvalue weighted by Crippen LogP contribution is 2.32. The Kier molecular flexibility index (Phi) is 5.76. The van der Waals surface area contributed by atoms with E-state index in [0.29, 0.717) is 25.4 Å². The predicted molar refractivity (Wildman–Crippen MR) is 96.1 cm³/mol. The van der Waals surface area contributed by atoms with Crippen LogP contribution in [0.3, 0.4) is 0 Å². The van der Waals surface area contributed by atoms with Crippen LogP contribution in [0.5, 0.6) is 0 Å². The molecule has 3 rings (SSSR count). The lowest BCUT2D eigenvalue weighted by molar-refractivity contribution is -0.876. The molecule has 1 aromatic carbocycles. The molecule has 2 aliphatic rings. The Bertz CT molecular complexity index is 764. The Morgan fingerprint density at radius 3 is 2.58 bits per heavy atom. The van der Waals surface area contributed by atoms with Gasteiger partial charge in [-0.2, -0.15) is 4.31 Å². The summed E-state index contributed by atoms with van der Waals surface area (Å²) < 4.78 is 32.1. The average Bonchev–Trinajstić information content (AvgIpc) is 2.86. The van der Waals surface area contributed by atoms with Crippen LogP contribution in [0.25, 0.3) is 0 Å². The van der Waals surface area contributed by atoms with Gasteiger partial charge in [0.25, 0.3) is 5.69 Å². The third-order valence-corrected chi connectivity index (χ3v) is 6.83. The van der Waals surface area contributed by atoms with Crippen LogP contribution in [0.4, 0.5) is 11.4 Å². The maximum atomic E-state index is 12.8. The number of anilines is 1. The molecule has 2 aliphatic heterocycles. The van der Waals surface area contributed by atoms with Crippen molar-refractivity contribution in [3.63, 3.8) is 0 Å². The Morgan fingerprint density at radius 1 is 1.15 bits per heavy atom. The summed E-state index contributed by atoms with van der Waals surface area (Å²) in [6, 6.07) is 4.25. The van der Waals surface area contributed by atoms with Crippen LogP contribution in [-0.2, 0) is 14.8 Å². The second-order valence-corrected chi connectivity index (χ2v) is 8.66. The molecule has 1 unspecified atom stereocenters. The molecule has 2 fully saturated rings. The number of hydrogen-bond donors (Lipinski definition) is 1. The van der Waals surface area contributed by atoms with E-state index in [2.05, 4.69) is 7.05 Å². The van der Waals surface area contributed by atoms with Crippen LogP contribution in [0.2, 0.25) is 0 Å². The number of nitro benzene ring substituents is 1. The standard InChI is InChI=1S/C16H24N4O5S/c1-17-5-2-6-18(8-7-17)15-4-3-14(13-16(15)20(21)22)26(23,24)19-9-11-25-12-10-19/h3-4,13H,2,5-12H2,1H3/p+1. The smallest absolute Gasteiger partial charge is 0.293 e. The van der Waals surface area contributed by atoms with E-state index in [1.165, 1.54) is 21.3 Å². The lowest BCUT2D eigenvalue weighted by Crippen LogP contribution is -3.09. The lowest BCUT2D eigenvalue weighted by atomic mass is 10.2. The fourth-order valence-corrected chi connectivity index (χ4v) is 4.82. The Labute approximate surface area is 153 Å². The zero-order valence-corrected chi connectivity index (χ0v) is 15.7. The van der Waals surface area contributed by atoms with Crippen molar-refractivity contribution in [3.05, 3.63) is 28.3 Å². The zero-order valence-electron chi connectivity index (χ0n) is 14.9. The fourth-order valence-electron chi connectivity index (χ4n) is 3.39. The summed E-state index contributed by atoms with van der Waals surface area (Å²) >= 11 is 0. The fraction of sp³-hybridized carbons (Fsp3) is 0.625. The van der Waals surface area contributed by atoms with Crippen molar-refractivity contribution in [1.82, 2.24) is 4.31 Å². The van der Waals surface area contributed by atoms with Crippen molar-refractivity contribution >= 4 is 21.4 Å². The van der Waals surface area contributed by atoms with Crippen LogP contribution in [-0.4, -0.2) is 77.2 Å². The largest absolute Gasteiger partial charge is 0.379 e. The van der Waals surface area contributed by atoms with Gasteiger partial charge in [-0.15, -0.1) is 0 Å². The highest BCUT2D eigenvalue weighted by atomic mass is 32.2. The van der Waals surface area contributed by atoms with Crippen LogP contribution in [0.15, 0.2) is 23.1 Å². The van der Waals surface area contributed by atoms with Gasteiger partial charge in [-0.25, -0.2) is 8.42 Å². The van der Waals surface area contributed by atoms with Gasteiger partial charge in [-0.3, -0.25) is 10.1 Å². The maximum absolute atomic E-state index is 12.8. The van der Waals surface area contributed by atoms with E-state index in [-0.39, 0.29) is 23.7 Å². The number of quaternary nitrogens is 1. The van der Waals surface area contributed by atoms with E-state index in [1.807, 2.05) is 4.90 Å². The summed E-state index contributed by atoms with van der Waals surface area (Å²) in [6.45, 7) is 4.55. The first-order chi connectivity index (χ1) is 12.4. The number of hydrogen-bond acceptors (Lipinski definition) is 6. The molecule has 0 aromatic heterocycles. The van der Waals surface area contributed by atoms with Crippen LogP contribution < -0.4 is 9.80 Å². The first kappa shape index (κ1) is 19.0. The first-order valence-electron chi connectivity index (χ1n) is 8.82. The van der Waals surface area contributed by atoms with Crippen LogP contribution in [0.1, 0.15) is 6.42 Å². The molecule has 0 amide bonds. The first-order valence-corrected chi connectivity index (χ1v) is 10.3. The number of nitrogens with zero attached hydrogens (tertiary/aromatic N) is 3. The number of nitrogens with one attached hydrogen (secondary N) is 1. The van der Waals surface area contributed by atoms with Crippen LogP contribution in [0, 0.1) is 10.1 Å². The molecule has 0 saturated carbocycles. The molecule has 0 radical (unpaired) electrons. The van der Waals surface area contributed by atoms with Gasteiger partial charge in [0.2, 0.25) is 10.0 Å². The van der Waals surface area contributed by atoms with Gasteiger partial charge in [0, 0.05) is 32.1 Å². The highest BCUT2D eigenvalue weighted by molar-refractivity contribution is 7.89. The van der Waals surface area contributed by atoms with Crippen LogP contribution >= 0.6 is 0 Å². The zero-order chi connectivity index (χ0) is 18.7. The van der Waals surface area contributed by atoms with Crippen molar-refractivity contribution in [2.24, 2.45) is 0 Å². The summed E-state index contributed by atoms with van der Waals surface area (Å²) in [5.74, 6) is 0. The van der Waals surface area contributed by atoms with Gasteiger partial charge in [0.15, 0.2) is 0 Å². The quantitative estimate of drug-likeness (QED) is 0.546. The normalized spacial score (nSPS) is 22.8. The van der Waals surface area contributed by atoms with E-state index < -0.39 is 14.9 Å². The molecule has 2 saturated heterocycles. The van der Waals surface area contributed by atoms with E-state index in [1.54, 1.807) is 6.07 Å². The molecule has 10 heteroatoms. The van der Waals surface area contributed by atoms with Gasteiger partial charge < -0.3 is 14.5 Å².